The van der Waals surface area contributed by atoms with Crippen molar-refractivity contribution < 1.29 is 19.1 Å². The first kappa shape index (κ1) is 29.1. The number of hydrogen-bond donors (Lipinski definition) is 3. The van der Waals surface area contributed by atoms with E-state index in [0.717, 1.165) is 4.90 Å². The number of carbonyl (C=O) groups excluding carboxylic acids is 3. The van der Waals surface area contributed by atoms with Gasteiger partial charge in [0.15, 0.2) is 0 Å². The number of nitrogens with zero attached hydrogens (tertiary/aromatic N) is 1. The number of aromatic nitrogens is 1. The average molecular weight is 567 g/mol. The van der Waals surface area contributed by atoms with Gasteiger partial charge < -0.3 is 20.7 Å². The van der Waals surface area contributed by atoms with Gasteiger partial charge in [0.1, 0.15) is 11.4 Å². The molecule has 0 spiro atoms. The van der Waals surface area contributed by atoms with Crippen molar-refractivity contribution in [1.29, 1.82) is 0 Å². The van der Waals surface area contributed by atoms with Crippen molar-refractivity contribution in [3.63, 3.8) is 0 Å². The third-order valence-electron chi connectivity index (χ3n) is 5.79. The zero-order valence-electron chi connectivity index (χ0n) is 22.7. The van der Waals surface area contributed by atoms with Gasteiger partial charge in [0, 0.05) is 39.8 Å². The molecule has 1 atom stereocenters. The molecule has 0 saturated heterocycles. The Kier molecular flexibility index (Phi) is 10.3. The molecule has 41 heavy (non-hydrogen) atoms. The van der Waals surface area contributed by atoms with Crippen LogP contribution in [0.25, 0.3) is 6.08 Å². The average Bonchev–Trinajstić information content (AvgIpc) is 2.99. The summed E-state index contributed by atoms with van der Waals surface area (Å²) in [5.41, 5.74) is 2.35. The third kappa shape index (κ3) is 8.55. The van der Waals surface area contributed by atoms with Gasteiger partial charge in [-0.2, -0.15) is 0 Å². The quantitative estimate of drug-likeness (QED) is 0.152. The molecule has 0 aliphatic rings. The van der Waals surface area contributed by atoms with E-state index in [1.54, 1.807) is 73.1 Å². The standard InChI is InChI=1S/C32H30N4O4S/c1-3-40-29-12-8-7-11-24(29)21-28(36-31(38)23-9-5-4-6-10-23)32(39)35-25-13-15-27(16-14-25)41-22(2)30(37)34-26-17-19-33-20-18-26/h4-22H,3H2,1-2H3,(H,35,39)(H,36,38)(H,33,34,37)/b28-21-. The Labute approximate surface area is 243 Å². The van der Waals surface area contributed by atoms with Crippen molar-refractivity contribution in [2.75, 3.05) is 17.2 Å². The Bertz CT molecular complexity index is 1510. The van der Waals surface area contributed by atoms with E-state index in [-0.39, 0.29) is 16.9 Å². The summed E-state index contributed by atoms with van der Waals surface area (Å²) in [5, 5.41) is 8.11. The summed E-state index contributed by atoms with van der Waals surface area (Å²) in [5.74, 6) is -0.440. The van der Waals surface area contributed by atoms with Crippen LogP contribution in [0.1, 0.15) is 29.8 Å². The summed E-state index contributed by atoms with van der Waals surface area (Å²) in [7, 11) is 0. The highest BCUT2D eigenvalue weighted by atomic mass is 32.2. The van der Waals surface area contributed by atoms with Crippen molar-refractivity contribution in [1.82, 2.24) is 10.3 Å². The fraction of sp³-hybridized carbons (Fsp3) is 0.125. The molecule has 0 fully saturated rings. The number of pyridine rings is 1. The Morgan fingerprint density at radius 3 is 2.22 bits per heavy atom. The number of thioether (sulfide) groups is 1. The maximum atomic E-state index is 13.4. The van der Waals surface area contributed by atoms with Crippen LogP contribution in [0.4, 0.5) is 11.4 Å². The van der Waals surface area contributed by atoms with Gasteiger partial charge in [-0.25, -0.2) is 0 Å². The number of benzene rings is 3. The highest BCUT2D eigenvalue weighted by Gasteiger charge is 2.17. The second-order valence-corrected chi connectivity index (χ2v) is 10.2. The van der Waals surface area contributed by atoms with Gasteiger partial charge in [-0.3, -0.25) is 19.4 Å². The van der Waals surface area contributed by atoms with Gasteiger partial charge >= 0.3 is 0 Å². The minimum atomic E-state index is -0.494. The highest BCUT2D eigenvalue weighted by molar-refractivity contribution is 8.00. The van der Waals surface area contributed by atoms with Gasteiger partial charge in [0.2, 0.25) is 5.91 Å². The summed E-state index contributed by atoms with van der Waals surface area (Å²) < 4.78 is 5.70. The summed E-state index contributed by atoms with van der Waals surface area (Å²) in [6.45, 7) is 4.15. The number of rotatable bonds is 11. The van der Waals surface area contributed by atoms with Gasteiger partial charge in [-0.15, -0.1) is 11.8 Å². The number of para-hydroxylation sites is 1. The normalized spacial score (nSPS) is 11.7. The molecule has 3 amide bonds. The van der Waals surface area contributed by atoms with Crippen LogP contribution in [0.15, 0.2) is 114 Å². The van der Waals surface area contributed by atoms with Crippen LogP contribution in [-0.4, -0.2) is 34.6 Å². The Morgan fingerprint density at radius 1 is 0.854 bits per heavy atom. The lowest BCUT2D eigenvalue weighted by atomic mass is 10.1. The van der Waals surface area contributed by atoms with Crippen LogP contribution >= 0.6 is 11.8 Å². The molecular formula is C32H30N4O4S. The first-order valence-electron chi connectivity index (χ1n) is 13.0. The molecule has 4 rings (SSSR count). The molecule has 9 heteroatoms. The first-order chi connectivity index (χ1) is 19.9. The van der Waals surface area contributed by atoms with Crippen LogP contribution in [0.5, 0.6) is 5.75 Å². The van der Waals surface area contributed by atoms with Gasteiger partial charge in [-0.05, 0) is 74.5 Å². The molecule has 1 unspecified atom stereocenters. The SMILES string of the molecule is CCOc1ccccc1/C=C(\NC(=O)c1ccccc1)C(=O)Nc1ccc(SC(C)C(=O)Nc2ccncc2)cc1. The van der Waals surface area contributed by atoms with Gasteiger partial charge in [0.25, 0.3) is 11.8 Å². The summed E-state index contributed by atoms with van der Waals surface area (Å²) in [6, 6.07) is 26.6. The van der Waals surface area contributed by atoms with Crippen molar-refractivity contribution >= 4 is 46.9 Å². The van der Waals surface area contributed by atoms with E-state index in [1.807, 2.05) is 50.2 Å². The fourth-order valence-electron chi connectivity index (χ4n) is 3.74. The van der Waals surface area contributed by atoms with E-state index >= 15 is 0 Å². The lowest BCUT2D eigenvalue weighted by Gasteiger charge is -2.14. The Morgan fingerprint density at radius 2 is 1.51 bits per heavy atom. The van der Waals surface area contributed by atoms with E-state index in [9.17, 15) is 14.4 Å². The molecule has 1 aromatic heterocycles. The molecule has 0 bridgehead atoms. The Balaban J connectivity index is 1.47. The number of hydrogen-bond acceptors (Lipinski definition) is 6. The molecule has 3 aromatic carbocycles. The largest absolute Gasteiger partial charge is 0.493 e. The van der Waals surface area contributed by atoms with Crippen LogP contribution in [-0.2, 0) is 9.59 Å². The second-order valence-electron chi connectivity index (χ2n) is 8.81. The number of carbonyl (C=O) groups is 3. The molecule has 4 aromatic rings. The minimum absolute atomic E-state index is 0.0610. The molecule has 0 aliphatic carbocycles. The van der Waals surface area contributed by atoms with Crippen molar-refractivity contribution in [3.8, 4) is 5.75 Å². The van der Waals surface area contributed by atoms with E-state index in [0.29, 0.717) is 34.9 Å². The topological polar surface area (TPSA) is 109 Å². The zero-order chi connectivity index (χ0) is 29.0. The van der Waals surface area contributed by atoms with Crippen LogP contribution in [0.3, 0.4) is 0 Å². The van der Waals surface area contributed by atoms with Gasteiger partial charge in [-0.1, -0.05) is 36.4 Å². The number of amides is 3. The molecule has 1 heterocycles. The molecule has 208 valence electrons. The van der Waals surface area contributed by atoms with Crippen molar-refractivity contribution in [3.05, 3.63) is 120 Å². The molecule has 8 nitrogen and oxygen atoms in total. The highest BCUT2D eigenvalue weighted by Crippen LogP contribution is 2.26. The number of ether oxygens (including phenoxy) is 1. The first-order valence-corrected chi connectivity index (χ1v) is 13.9. The van der Waals surface area contributed by atoms with Crippen LogP contribution < -0.4 is 20.7 Å². The van der Waals surface area contributed by atoms with Crippen LogP contribution in [0, 0.1) is 0 Å². The maximum Gasteiger partial charge on any atom is 0.272 e. The fourth-order valence-corrected chi connectivity index (χ4v) is 4.60. The van der Waals surface area contributed by atoms with E-state index < -0.39 is 11.8 Å². The second kappa shape index (κ2) is 14.5. The molecule has 0 saturated carbocycles. The minimum Gasteiger partial charge on any atom is -0.493 e. The van der Waals surface area contributed by atoms with Crippen LogP contribution in [0.2, 0.25) is 0 Å². The predicted molar refractivity (Wildman–Crippen MR) is 163 cm³/mol. The molecule has 3 N–H and O–H groups in total. The maximum absolute atomic E-state index is 13.4. The smallest absolute Gasteiger partial charge is 0.272 e. The van der Waals surface area contributed by atoms with Gasteiger partial charge in [0.05, 0.1) is 11.9 Å². The van der Waals surface area contributed by atoms with Crippen molar-refractivity contribution in [2.45, 2.75) is 24.0 Å². The van der Waals surface area contributed by atoms with Crippen molar-refractivity contribution in [2.24, 2.45) is 0 Å². The van der Waals surface area contributed by atoms with E-state index in [1.165, 1.54) is 11.8 Å². The number of nitrogens with one attached hydrogen (secondary N) is 3. The lowest BCUT2D eigenvalue weighted by Crippen LogP contribution is -2.30. The molecule has 0 aliphatic heterocycles. The predicted octanol–water partition coefficient (Wildman–Crippen LogP) is 6.01. The van der Waals surface area contributed by atoms with E-state index in [4.69, 9.17) is 4.74 Å². The monoisotopic (exact) mass is 566 g/mol. The number of anilines is 2. The molecule has 0 radical (unpaired) electrons. The Hall–Kier alpha value is -4.89. The molecular weight excluding hydrogens is 536 g/mol. The summed E-state index contributed by atoms with van der Waals surface area (Å²) in [6.07, 6.45) is 4.83. The third-order valence-corrected chi connectivity index (χ3v) is 6.90. The summed E-state index contributed by atoms with van der Waals surface area (Å²) >= 11 is 1.40. The lowest BCUT2D eigenvalue weighted by molar-refractivity contribution is -0.115. The summed E-state index contributed by atoms with van der Waals surface area (Å²) in [4.78, 5) is 43.7. The zero-order valence-corrected chi connectivity index (χ0v) is 23.5. The van der Waals surface area contributed by atoms with E-state index in [2.05, 4.69) is 20.9 Å².